The van der Waals surface area contributed by atoms with Crippen LogP contribution >= 0.6 is 11.8 Å². The van der Waals surface area contributed by atoms with Gasteiger partial charge in [0.25, 0.3) is 0 Å². The van der Waals surface area contributed by atoms with E-state index in [1.54, 1.807) is 5.56 Å². The molecular formula is C14H19BrS2. The maximum atomic E-state index is 2.36. The van der Waals surface area contributed by atoms with Gasteiger partial charge in [-0.15, -0.1) is 0 Å². The molecule has 0 nitrogen and oxygen atoms in total. The highest BCUT2D eigenvalue weighted by atomic mass is 79.9. The summed E-state index contributed by atoms with van der Waals surface area (Å²) in [5.74, 6) is 4.35. The largest absolute Gasteiger partial charge is 1.00 e. The van der Waals surface area contributed by atoms with E-state index in [0.717, 1.165) is 0 Å². The van der Waals surface area contributed by atoms with Crippen LogP contribution in [0.2, 0.25) is 0 Å². The predicted octanol–water partition coefficient (Wildman–Crippen LogP) is 0.782. The average molecular weight is 331 g/mol. The van der Waals surface area contributed by atoms with Crippen LogP contribution in [0, 0.1) is 0 Å². The van der Waals surface area contributed by atoms with Crippen molar-refractivity contribution >= 4 is 22.7 Å². The predicted molar refractivity (Wildman–Crippen MR) is 76.1 cm³/mol. The minimum Gasteiger partial charge on any atom is -1.00 e. The average Bonchev–Trinajstić information content (AvgIpc) is 2.65. The van der Waals surface area contributed by atoms with E-state index in [2.05, 4.69) is 42.1 Å². The van der Waals surface area contributed by atoms with Crippen molar-refractivity contribution in [3.63, 3.8) is 0 Å². The molecule has 17 heavy (non-hydrogen) atoms. The summed E-state index contributed by atoms with van der Waals surface area (Å²) in [5, 5.41) is 0. The molecule has 0 N–H and O–H groups in total. The summed E-state index contributed by atoms with van der Waals surface area (Å²) in [7, 11) is 0.651. The van der Waals surface area contributed by atoms with Crippen LogP contribution < -0.4 is 17.0 Å². The number of hydrogen-bond donors (Lipinski definition) is 0. The number of halogens is 1. The molecule has 1 aromatic carbocycles. The molecule has 3 rings (SSSR count). The number of benzene rings is 1. The quantitative estimate of drug-likeness (QED) is 0.686. The fraction of sp³-hybridized carbons (Fsp3) is 0.571. The van der Waals surface area contributed by atoms with Crippen LogP contribution in [0.5, 0.6) is 0 Å². The highest BCUT2D eigenvalue weighted by Gasteiger charge is 2.53. The zero-order valence-electron chi connectivity index (χ0n) is 10.0. The second-order valence-electron chi connectivity index (χ2n) is 4.68. The van der Waals surface area contributed by atoms with Gasteiger partial charge in [-0.25, -0.2) is 0 Å². The Labute approximate surface area is 122 Å². The van der Waals surface area contributed by atoms with Gasteiger partial charge in [-0.05, 0) is 19.3 Å². The molecule has 2 heterocycles. The lowest BCUT2D eigenvalue weighted by atomic mass is 10.1. The van der Waals surface area contributed by atoms with E-state index in [4.69, 9.17) is 0 Å². The first-order valence-electron chi connectivity index (χ1n) is 6.29. The van der Waals surface area contributed by atoms with E-state index >= 15 is 0 Å². The van der Waals surface area contributed by atoms with Crippen LogP contribution in [0.15, 0.2) is 30.3 Å². The van der Waals surface area contributed by atoms with Gasteiger partial charge < -0.3 is 17.0 Å². The summed E-state index contributed by atoms with van der Waals surface area (Å²) in [5.41, 5.74) is 1.61. The smallest absolute Gasteiger partial charge is 0.198 e. The molecular weight excluding hydrogens is 312 g/mol. The molecule has 0 aliphatic carbocycles. The molecule has 0 aromatic heterocycles. The molecule has 0 bridgehead atoms. The second kappa shape index (κ2) is 6.03. The van der Waals surface area contributed by atoms with Gasteiger partial charge in [-0.2, -0.15) is 0 Å². The molecule has 2 unspecified atom stereocenters. The van der Waals surface area contributed by atoms with Gasteiger partial charge >= 0.3 is 0 Å². The standard InChI is InChI=1S/C14H19S2.BrH/c1-3-7-13(8-4-1)14-9-5-2-6-11-16(14)12-10-15-14;/h1,3-4,7-8H,2,5-6,9-12H2;1H/q+1;/p-1. The molecule has 0 saturated carbocycles. The number of thioether (sulfide) groups is 1. The Kier molecular flexibility index (Phi) is 4.90. The lowest BCUT2D eigenvalue weighted by molar-refractivity contribution is -0.00000313. The normalized spacial score (nSPS) is 32.4. The molecule has 0 spiro atoms. The molecule has 3 heteroatoms. The third-order valence-corrected chi connectivity index (χ3v) is 9.23. The van der Waals surface area contributed by atoms with Gasteiger partial charge in [0, 0.05) is 28.6 Å². The SMILES string of the molecule is [Br-].c1ccc(C23CCCCC[S+]2CCS3)cc1. The van der Waals surface area contributed by atoms with Gasteiger partial charge in [0.15, 0.2) is 4.08 Å². The highest BCUT2D eigenvalue weighted by Crippen LogP contribution is 2.53. The van der Waals surface area contributed by atoms with Crippen molar-refractivity contribution in [3.8, 4) is 0 Å². The molecule has 2 saturated heterocycles. The molecule has 2 aliphatic heterocycles. The highest BCUT2D eigenvalue weighted by molar-refractivity contribution is 8.19. The van der Waals surface area contributed by atoms with Crippen LogP contribution in [0.4, 0.5) is 0 Å². The Morgan fingerprint density at radius 1 is 1.00 bits per heavy atom. The van der Waals surface area contributed by atoms with Gasteiger partial charge in [0.2, 0.25) is 0 Å². The van der Waals surface area contributed by atoms with E-state index in [0.29, 0.717) is 15.0 Å². The van der Waals surface area contributed by atoms with Crippen LogP contribution in [-0.2, 0) is 15.0 Å². The van der Waals surface area contributed by atoms with Crippen LogP contribution in [-0.4, -0.2) is 17.3 Å². The zero-order chi connectivity index (χ0) is 10.8. The van der Waals surface area contributed by atoms with E-state index in [1.165, 1.54) is 42.9 Å². The van der Waals surface area contributed by atoms with Crippen molar-refractivity contribution in [2.24, 2.45) is 0 Å². The Bertz CT molecular complexity index is 354. The molecule has 2 aliphatic rings. The first-order chi connectivity index (χ1) is 7.92. The Hall–Kier alpha value is 0.400. The fourth-order valence-electron chi connectivity index (χ4n) is 2.94. The third kappa shape index (κ3) is 2.57. The van der Waals surface area contributed by atoms with E-state index in [1.807, 2.05) is 0 Å². The number of hydrogen-bond acceptors (Lipinski definition) is 1. The topological polar surface area (TPSA) is 0 Å². The zero-order valence-corrected chi connectivity index (χ0v) is 13.2. The molecule has 2 fully saturated rings. The molecule has 94 valence electrons. The molecule has 2 atom stereocenters. The summed E-state index contributed by atoms with van der Waals surface area (Å²) < 4.78 is 0.512. The minimum absolute atomic E-state index is 0. The summed E-state index contributed by atoms with van der Waals surface area (Å²) >= 11 is 2.25. The van der Waals surface area contributed by atoms with Crippen molar-refractivity contribution in [1.82, 2.24) is 0 Å². The Balaban J connectivity index is 0.00000108. The number of fused-ring (bicyclic) bond motifs is 1. The van der Waals surface area contributed by atoms with Gasteiger partial charge in [-0.1, -0.05) is 42.1 Å². The lowest BCUT2D eigenvalue weighted by Gasteiger charge is -2.25. The van der Waals surface area contributed by atoms with Crippen molar-refractivity contribution < 1.29 is 17.0 Å². The minimum atomic E-state index is 0. The summed E-state index contributed by atoms with van der Waals surface area (Å²) in [6.45, 7) is 0. The summed E-state index contributed by atoms with van der Waals surface area (Å²) in [4.78, 5) is 0. The summed E-state index contributed by atoms with van der Waals surface area (Å²) in [6.07, 6.45) is 5.78. The molecule has 0 amide bonds. The number of rotatable bonds is 1. The third-order valence-electron chi connectivity index (χ3n) is 3.74. The Morgan fingerprint density at radius 2 is 1.82 bits per heavy atom. The monoisotopic (exact) mass is 330 g/mol. The fourth-order valence-corrected chi connectivity index (χ4v) is 8.73. The second-order valence-corrected chi connectivity index (χ2v) is 8.83. The van der Waals surface area contributed by atoms with E-state index in [9.17, 15) is 0 Å². The van der Waals surface area contributed by atoms with Crippen molar-refractivity contribution in [2.75, 3.05) is 17.3 Å². The van der Waals surface area contributed by atoms with E-state index < -0.39 is 0 Å². The maximum Gasteiger partial charge on any atom is 0.198 e. The maximum absolute atomic E-state index is 2.36. The molecule has 0 radical (unpaired) electrons. The van der Waals surface area contributed by atoms with Crippen LogP contribution in [0.25, 0.3) is 0 Å². The van der Waals surface area contributed by atoms with Gasteiger partial charge in [-0.3, -0.25) is 0 Å². The first-order valence-corrected chi connectivity index (χ1v) is 8.84. The van der Waals surface area contributed by atoms with Gasteiger partial charge in [0.1, 0.15) is 11.5 Å². The Morgan fingerprint density at radius 3 is 2.65 bits per heavy atom. The first kappa shape index (κ1) is 13.8. The van der Waals surface area contributed by atoms with Crippen molar-refractivity contribution in [2.45, 2.75) is 29.8 Å². The molecule has 1 aromatic rings. The van der Waals surface area contributed by atoms with Crippen LogP contribution in [0.3, 0.4) is 0 Å². The van der Waals surface area contributed by atoms with Crippen molar-refractivity contribution in [3.05, 3.63) is 35.9 Å². The van der Waals surface area contributed by atoms with E-state index in [-0.39, 0.29) is 17.0 Å². The van der Waals surface area contributed by atoms with Crippen molar-refractivity contribution in [1.29, 1.82) is 0 Å². The van der Waals surface area contributed by atoms with Gasteiger partial charge in [0.05, 0.1) is 0 Å². The summed E-state index contributed by atoms with van der Waals surface area (Å²) in [6, 6.07) is 11.3. The lowest BCUT2D eigenvalue weighted by Crippen LogP contribution is -3.00. The van der Waals surface area contributed by atoms with Crippen LogP contribution in [0.1, 0.15) is 31.2 Å².